The summed E-state index contributed by atoms with van der Waals surface area (Å²) in [4.78, 5) is 2.00. The molecule has 0 aliphatic carbocycles. The number of hydrogen-bond donors (Lipinski definition) is 2. The maximum Gasteiger partial charge on any atom is 0.0750 e. The fraction of sp³-hybridized carbons (Fsp3) is 0.167. The van der Waals surface area contributed by atoms with E-state index >= 15 is 0 Å². The highest BCUT2D eigenvalue weighted by molar-refractivity contribution is 6.08. The van der Waals surface area contributed by atoms with Gasteiger partial charge in [0, 0.05) is 25.4 Å². The summed E-state index contributed by atoms with van der Waals surface area (Å²) >= 11 is 0. The molecule has 0 radical (unpaired) electrons. The largest absolute Gasteiger partial charge is 0.411 e. The van der Waals surface area contributed by atoms with Gasteiger partial charge in [-0.2, -0.15) is 0 Å². The van der Waals surface area contributed by atoms with Crippen LogP contribution in [0.15, 0.2) is 40.1 Å². The first-order valence-electron chi connectivity index (χ1n) is 5.01. The minimum Gasteiger partial charge on any atom is -0.411 e. The summed E-state index contributed by atoms with van der Waals surface area (Å²) in [5.74, 6) is 0. The van der Waals surface area contributed by atoms with Gasteiger partial charge in [0.25, 0.3) is 0 Å². The molecule has 0 amide bonds. The lowest BCUT2D eigenvalue weighted by molar-refractivity contribution is 0.320. The molecule has 0 spiro atoms. The molecule has 5 nitrogen and oxygen atoms in total. The van der Waals surface area contributed by atoms with Crippen LogP contribution < -0.4 is 4.90 Å². The lowest BCUT2D eigenvalue weighted by atomic mass is 10.1. The van der Waals surface area contributed by atoms with Crippen molar-refractivity contribution in [3.05, 3.63) is 35.4 Å². The summed E-state index contributed by atoms with van der Waals surface area (Å²) in [6, 6.07) is 7.78. The molecule has 0 aromatic heterocycles. The van der Waals surface area contributed by atoms with Crippen molar-refractivity contribution in [2.45, 2.75) is 0 Å². The van der Waals surface area contributed by atoms with Crippen LogP contribution in [-0.4, -0.2) is 36.9 Å². The Balaban J connectivity index is 2.96. The van der Waals surface area contributed by atoms with E-state index in [1.165, 1.54) is 12.4 Å². The van der Waals surface area contributed by atoms with Crippen molar-refractivity contribution >= 4 is 24.2 Å². The molecule has 0 fully saturated rings. The normalized spacial score (nSPS) is 12.5. The van der Waals surface area contributed by atoms with Gasteiger partial charge in [-0.1, -0.05) is 22.4 Å². The Hall–Kier alpha value is -2.30. The molecule has 0 unspecified atom stereocenters. The highest BCUT2D eigenvalue weighted by Crippen LogP contribution is 2.13. The second kappa shape index (κ2) is 6.32. The molecular formula is C12H15N3O2. The number of hydrogen-bond acceptors (Lipinski definition) is 5. The summed E-state index contributed by atoms with van der Waals surface area (Å²) < 4.78 is 0. The number of benzene rings is 1. The quantitative estimate of drug-likeness (QED) is 0.475. The molecule has 0 aliphatic rings. The van der Waals surface area contributed by atoms with Crippen molar-refractivity contribution in [1.82, 2.24) is 0 Å². The first kappa shape index (κ1) is 12.8. The molecule has 0 heterocycles. The number of allylic oxidation sites excluding steroid dienone is 1. The van der Waals surface area contributed by atoms with Gasteiger partial charge in [0.15, 0.2) is 0 Å². The zero-order valence-corrected chi connectivity index (χ0v) is 9.78. The maximum absolute atomic E-state index is 8.44. The van der Waals surface area contributed by atoms with Gasteiger partial charge in [0.1, 0.15) is 0 Å². The van der Waals surface area contributed by atoms with Gasteiger partial charge < -0.3 is 15.3 Å². The van der Waals surface area contributed by atoms with Crippen molar-refractivity contribution in [3.63, 3.8) is 0 Å². The van der Waals surface area contributed by atoms with Gasteiger partial charge in [-0.05, 0) is 23.8 Å². The summed E-state index contributed by atoms with van der Waals surface area (Å²) in [5, 5.41) is 22.7. The molecule has 0 saturated heterocycles. The Kier molecular flexibility index (Phi) is 4.75. The van der Waals surface area contributed by atoms with Crippen molar-refractivity contribution < 1.29 is 10.4 Å². The fourth-order valence-corrected chi connectivity index (χ4v) is 1.30. The van der Waals surface area contributed by atoms with E-state index in [-0.39, 0.29) is 0 Å². The molecule has 1 aromatic carbocycles. The molecule has 0 saturated carbocycles. The van der Waals surface area contributed by atoms with Crippen LogP contribution in [0, 0.1) is 0 Å². The average Bonchev–Trinajstić information content (AvgIpc) is 2.30. The van der Waals surface area contributed by atoms with Gasteiger partial charge in [-0.15, -0.1) is 0 Å². The van der Waals surface area contributed by atoms with Crippen LogP contribution in [-0.2, 0) is 0 Å². The monoisotopic (exact) mass is 233 g/mol. The van der Waals surface area contributed by atoms with Crippen LogP contribution in [0.5, 0.6) is 0 Å². The molecule has 1 aromatic rings. The lowest BCUT2D eigenvalue weighted by Crippen LogP contribution is -2.07. The Labute approximate surface area is 100.0 Å². The SMILES string of the molecule is CN(C)c1ccc(C=C(/C=N\O)/C=N/O)cc1. The molecular weight excluding hydrogens is 218 g/mol. The summed E-state index contributed by atoms with van der Waals surface area (Å²) in [7, 11) is 3.93. The molecule has 0 aliphatic heterocycles. The van der Waals surface area contributed by atoms with E-state index in [1.54, 1.807) is 6.08 Å². The number of oxime groups is 2. The summed E-state index contributed by atoms with van der Waals surface area (Å²) in [5.41, 5.74) is 2.51. The highest BCUT2D eigenvalue weighted by atomic mass is 16.4. The Morgan fingerprint density at radius 3 is 2.00 bits per heavy atom. The minimum absolute atomic E-state index is 0.493. The third-order valence-corrected chi connectivity index (χ3v) is 2.16. The fourth-order valence-electron chi connectivity index (χ4n) is 1.30. The Bertz CT molecular complexity index is 420. The van der Waals surface area contributed by atoms with Crippen LogP contribution in [0.25, 0.3) is 6.08 Å². The topological polar surface area (TPSA) is 68.4 Å². The molecule has 0 bridgehead atoms. The second-order valence-corrected chi connectivity index (χ2v) is 3.62. The third-order valence-electron chi connectivity index (χ3n) is 2.16. The van der Waals surface area contributed by atoms with Crippen LogP contribution in [0.1, 0.15) is 5.56 Å². The van der Waals surface area contributed by atoms with E-state index in [0.29, 0.717) is 5.57 Å². The van der Waals surface area contributed by atoms with Crippen molar-refractivity contribution in [2.75, 3.05) is 19.0 Å². The van der Waals surface area contributed by atoms with Gasteiger partial charge in [0.2, 0.25) is 0 Å². The average molecular weight is 233 g/mol. The number of rotatable bonds is 4. The van der Waals surface area contributed by atoms with Crippen molar-refractivity contribution in [1.29, 1.82) is 0 Å². The second-order valence-electron chi connectivity index (χ2n) is 3.62. The predicted molar refractivity (Wildman–Crippen MR) is 69.3 cm³/mol. The smallest absolute Gasteiger partial charge is 0.0750 e. The maximum atomic E-state index is 8.44. The lowest BCUT2D eigenvalue weighted by Gasteiger charge is -2.11. The van der Waals surface area contributed by atoms with Crippen LogP contribution in [0.3, 0.4) is 0 Å². The van der Waals surface area contributed by atoms with Gasteiger partial charge in [0.05, 0.1) is 12.4 Å². The molecule has 90 valence electrons. The zero-order chi connectivity index (χ0) is 12.7. The van der Waals surface area contributed by atoms with Gasteiger partial charge in [-0.3, -0.25) is 0 Å². The van der Waals surface area contributed by atoms with Crippen LogP contribution in [0.2, 0.25) is 0 Å². The Morgan fingerprint density at radius 2 is 1.59 bits per heavy atom. The molecule has 5 heteroatoms. The van der Waals surface area contributed by atoms with E-state index in [0.717, 1.165) is 11.3 Å². The van der Waals surface area contributed by atoms with Crippen LogP contribution >= 0.6 is 0 Å². The van der Waals surface area contributed by atoms with Crippen LogP contribution in [0.4, 0.5) is 5.69 Å². The zero-order valence-electron chi connectivity index (χ0n) is 9.78. The van der Waals surface area contributed by atoms with Gasteiger partial charge >= 0.3 is 0 Å². The van der Waals surface area contributed by atoms with Crippen molar-refractivity contribution in [3.8, 4) is 0 Å². The number of nitrogens with zero attached hydrogens (tertiary/aromatic N) is 3. The predicted octanol–water partition coefficient (Wildman–Crippen LogP) is 2.06. The first-order chi connectivity index (χ1) is 8.17. The van der Waals surface area contributed by atoms with E-state index in [1.807, 2.05) is 43.3 Å². The first-order valence-corrected chi connectivity index (χ1v) is 5.01. The molecule has 2 N–H and O–H groups in total. The van der Waals surface area contributed by atoms with E-state index in [4.69, 9.17) is 10.4 Å². The minimum atomic E-state index is 0.493. The highest BCUT2D eigenvalue weighted by Gasteiger charge is 1.95. The standard InChI is InChI=1S/C12H15N3O2/c1-15(2)12-5-3-10(4-6-12)7-11(8-13-16)9-14-17/h3-9,16-17H,1-2H3/b11-7?,13-8-,14-9+. The van der Waals surface area contributed by atoms with E-state index in [9.17, 15) is 0 Å². The molecule has 0 atom stereocenters. The summed E-state index contributed by atoms with van der Waals surface area (Å²) in [6.45, 7) is 0. The molecule has 1 rings (SSSR count). The van der Waals surface area contributed by atoms with Gasteiger partial charge in [-0.25, -0.2) is 0 Å². The molecule has 17 heavy (non-hydrogen) atoms. The summed E-state index contributed by atoms with van der Waals surface area (Å²) in [6.07, 6.45) is 4.12. The van der Waals surface area contributed by atoms with E-state index < -0.39 is 0 Å². The van der Waals surface area contributed by atoms with E-state index in [2.05, 4.69) is 10.3 Å². The third kappa shape index (κ3) is 3.98. The number of anilines is 1. The van der Waals surface area contributed by atoms with Crippen molar-refractivity contribution in [2.24, 2.45) is 10.3 Å². The Morgan fingerprint density at radius 1 is 1.06 bits per heavy atom.